The Morgan fingerprint density at radius 3 is 1.82 bits per heavy atom. The number of benzene rings is 7. The Morgan fingerprint density at radius 1 is 0.436 bits per heavy atom. The lowest BCUT2D eigenvalue weighted by atomic mass is 9.84. The molecule has 0 bridgehead atoms. The Hall–Kier alpha value is -5.14. The highest BCUT2D eigenvalue weighted by molar-refractivity contribution is 6.26. The van der Waals surface area contributed by atoms with Crippen molar-refractivity contribution < 1.29 is 18.1 Å². The topological polar surface area (TPSA) is 13.1 Å². The fourth-order valence-electron chi connectivity index (χ4n) is 5.65. The van der Waals surface area contributed by atoms with Gasteiger partial charge in [0, 0.05) is 10.8 Å². The van der Waals surface area contributed by atoms with Crippen molar-refractivity contribution in [2.75, 3.05) is 0 Å². The second-order valence-corrected chi connectivity index (χ2v) is 9.33. The van der Waals surface area contributed by atoms with E-state index in [4.69, 9.17) is 18.1 Å². The predicted octanol–water partition coefficient (Wildman–Crippen LogP) is 10.9. The number of rotatable bonds is 3. The molecule has 1 heterocycles. The van der Waals surface area contributed by atoms with Crippen LogP contribution in [0.5, 0.6) is 0 Å². The summed E-state index contributed by atoms with van der Waals surface area (Å²) < 4.78 is 91.4. The molecule has 0 atom stereocenters. The lowest BCUT2D eigenvalue weighted by molar-refractivity contribution is 0.669. The zero-order chi connectivity index (χ0) is 34.5. The van der Waals surface area contributed by atoms with E-state index in [0.29, 0.717) is 38.5 Å². The van der Waals surface area contributed by atoms with Crippen molar-refractivity contribution in [1.29, 1.82) is 0 Å². The molecular formula is C38H24O. The Labute approximate surface area is 240 Å². The molecule has 7 aromatic carbocycles. The smallest absolute Gasteiger partial charge is 0.136 e. The molecule has 0 saturated carbocycles. The first-order valence-corrected chi connectivity index (χ1v) is 12.5. The van der Waals surface area contributed by atoms with Gasteiger partial charge in [-0.15, -0.1) is 0 Å². The van der Waals surface area contributed by atoms with Gasteiger partial charge in [-0.25, -0.2) is 0 Å². The molecule has 1 heteroatoms. The molecule has 0 radical (unpaired) electrons. The molecular weight excluding hydrogens is 472 g/mol. The van der Waals surface area contributed by atoms with Crippen LogP contribution in [0.2, 0.25) is 0 Å². The van der Waals surface area contributed by atoms with Crippen LogP contribution < -0.4 is 0 Å². The second-order valence-electron chi connectivity index (χ2n) is 9.33. The highest BCUT2D eigenvalue weighted by atomic mass is 16.3. The number of hydrogen-bond acceptors (Lipinski definition) is 1. The summed E-state index contributed by atoms with van der Waals surface area (Å²) in [4.78, 5) is 0. The van der Waals surface area contributed by atoms with Crippen molar-refractivity contribution in [2.24, 2.45) is 0 Å². The third kappa shape index (κ3) is 3.41. The van der Waals surface area contributed by atoms with Crippen molar-refractivity contribution in [2.45, 2.75) is 0 Å². The average Bonchev–Trinajstić information content (AvgIpc) is 3.50. The van der Waals surface area contributed by atoms with E-state index in [2.05, 4.69) is 0 Å². The summed E-state index contributed by atoms with van der Waals surface area (Å²) in [5.41, 5.74) is 3.81. The van der Waals surface area contributed by atoms with Gasteiger partial charge in [0.15, 0.2) is 0 Å². The van der Waals surface area contributed by atoms with E-state index in [9.17, 15) is 0 Å². The van der Waals surface area contributed by atoms with Crippen molar-refractivity contribution in [3.63, 3.8) is 0 Å². The van der Waals surface area contributed by atoms with Crippen LogP contribution in [0.4, 0.5) is 0 Å². The van der Waals surface area contributed by atoms with Crippen molar-refractivity contribution in [3.8, 4) is 33.4 Å². The van der Waals surface area contributed by atoms with E-state index >= 15 is 0 Å². The van der Waals surface area contributed by atoms with Crippen LogP contribution in [0.15, 0.2) is 150 Å². The highest BCUT2D eigenvalue weighted by Gasteiger charge is 2.20. The molecule has 0 saturated heterocycles. The van der Waals surface area contributed by atoms with Gasteiger partial charge in [-0.1, -0.05) is 127 Å². The number of furan rings is 1. The third-order valence-electron chi connectivity index (χ3n) is 7.23. The molecule has 8 rings (SSSR count). The first kappa shape index (κ1) is 14.1. The first-order chi connectivity index (χ1) is 23.5. The maximum absolute atomic E-state index is 8.92. The molecule has 0 fully saturated rings. The lowest BCUT2D eigenvalue weighted by Crippen LogP contribution is -1.92. The van der Waals surface area contributed by atoms with Crippen LogP contribution in [0.25, 0.3) is 76.9 Å². The van der Waals surface area contributed by atoms with Gasteiger partial charge in [-0.05, 0) is 73.1 Å². The number of fused-ring (bicyclic) bond motifs is 5. The van der Waals surface area contributed by atoms with E-state index in [-0.39, 0.29) is 35.3 Å². The van der Waals surface area contributed by atoms with Gasteiger partial charge in [0.05, 0.1) is 13.7 Å². The van der Waals surface area contributed by atoms with Gasteiger partial charge in [0.1, 0.15) is 11.2 Å². The minimum Gasteiger partial charge on any atom is -0.456 e. The van der Waals surface area contributed by atoms with Crippen molar-refractivity contribution >= 4 is 43.5 Å². The molecule has 0 aliphatic carbocycles. The van der Waals surface area contributed by atoms with Crippen LogP contribution >= 0.6 is 0 Å². The summed E-state index contributed by atoms with van der Waals surface area (Å²) in [5.74, 6) is 0. The molecule has 8 aromatic rings. The second kappa shape index (κ2) is 8.72. The summed E-state index contributed by atoms with van der Waals surface area (Å²) in [5, 5.41) is 4.29. The average molecular weight is 507 g/mol. The van der Waals surface area contributed by atoms with E-state index in [1.807, 2.05) is 66.7 Å². The van der Waals surface area contributed by atoms with Crippen LogP contribution in [0.1, 0.15) is 13.7 Å². The Morgan fingerprint density at radius 2 is 1.05 bits per heavy atom. The minimum absolute atomic E-state index is 0.0309. The minimum atomic E-state index is -0.494. The van der Waals surface area contributed by atoms with Crippen molar-refractivity contribution in [3.05, 3.63) is 145 Å². The highest BCUT2D eigenvalue weighted by Crippen LogP contribution is 2.47. The maximum Gasteiger partial charge on any atom is 0.136 e. The van der Waals surface area contributed by atoms with Gasteiger partial charge in [0.25, 0.3) is 0 Å². The Balaban J connectivity index is 1.62. The van der Waals surface area contributed by atoms with Gasteiger partial charge in [-0.2, -0.15) is 0 Å². The van der Waals surface area contributed by atoms with Gasteiger partial charge < -0.3 is 4.42 Å². The normalized spacial score (nSPS) is 15.2. The molecule has 182 valence electrons. The fourth-order valence-corrected chi connectivity index (χ4v) is 5.65. The monoisotopic (exact) mass is 506 g/mol. The molecule has 0 aliphatic rings. The van der Waals surface area contributed by atoms with E-state index in [1.54, 1.807) is 18.2 Å². The summed E-state index contributed by atoms with van der Waals surface area (Å²) in [6.45, 7) is 0. The summed E-state index contributed by atoms with van der Waals surface area (Å²) in [6.07, 6.45) is 0. The third-order valence-corrected chi connectivity index (χ3v) is 7.23. The molecule has 39 heavy (non-hydrogen) atoms. The lowest BCUT2D eigenvalue weighted by Gasteiger charge is -2.19. The van der Waals surface area contributed by atoms with E-state index < -0.39 is 36.3 Å². The molecule has 0 aliphatic heterocycles. The predicted molar refractivity (Wildman–Crippen MR) is 165 cm³/mol. The van der Waals surface area contributed by atoms with Gasteiger partial charge in [0.2, 0.25) is 0 Å². The summed E-state index contributed by atoms with van der Waals surface area (Å²) >= 11 is 0. The van der Waals surface area contributed by atoms with E-state index in [1.165, 1.54) is 0 Å². The molecule has 0 unspecified atom stereocenters. The molecule has 1 aromatic heterocycles. The summed E-state index contributed by atoms with van der Waals surface area (Å²) in [6, 6.07) is 21.9. The van der Waals surface area contributed by atoms with Crippen LogP contribution in [0, 0.1) is 0 Å². The van der Waals surface area contributed by atoms with Gasteiger partial charge in [-0.3, -0.25) is 0 Å². The van der Waals surface area contributed by atoms with E-state index in [0.717, 1.165) is 27.3 Å². The van der Waals surface area contributed by atoms with Crippen LogP contribution in [-0.2, 0) is 0 Å². The maximum atomic E-state index is 8.92. The van der Waals surface area contributed by atoms with Gasteiger partial charge >= 0.3 is 0 Å². The fraction of sp³-hybridized carbons (Fsp3) is 0. The first-order valence-electron chi connectivity index (χ1n) is 17.5. The Bertz CT molecular complexity index is 2670. The number of hydrogen-bond donors (Lipinski definition) is 0. The quantitative estimate of drug-likeness (QED) is 0.217. The van der Waals surface area contributed by atoms with Crippen LogP contribution in [0.3, 0.4) is 0 Å². The molecule has 1 nitrogen and oxygen atoms in total. The zero-order valence-corrected chi connectivity index (χ0v) is 20.5. The van der Waals surface area contributed by atoms with Crippen molar-refractivity contribution in [1.82, 2.24) is 0 Å². The standard InChI is InChI=1S/C38H24O/c1-3-12-25(13-4-1)27-22-23-30-33(24-27)37(29-17-8-7-16-28(29)36(30)26-14-5-2-6-15-26)32-19-11-21-35-38(32)31-18-9-10-20-34(31)39-35/h1-24H/i1D,2D,3D,4D,5D,6D,12D,13D,14D,15D. The molecule has 0 N–H and O–H groups in total. The summed E-state index contributed by atoms with van der Waals surface area (Å²) in [7, 11) is 0. The molecule has 0 amide bonds. The zero-order valence-electron chi connectivity index (χ0n) is 30.5. The van der Waals surface area contributed by atoms with Crippen LogP contribution in [-0.4, -0.2) is 0 Å². The Kier molecular flexibility index (Phi) is 3.16. The largest absolute Gasteiger partial charge is 0.456 e. The SMILES string of the molecule is [2H]c1c([2H])c([2H])c(-c2ccc3c(-c4c([2H])c([2H])c([2H])c([2H])c4[2H])c4ccccc4c(-c4cccc5oc6ccccc6c45)c3c2)c([2H])c1[2H]. The molecule has 0 spiro atoms. The number of para-hydroxylation sites is 1.